The number of aromatic nitrogens is 2. The Kier molecular flexibility index (Phi) is 2.88. The zero-order valence-corrected chi connectivity index (χ0v) is 13.2. The highest BCUT2D eigenvalue weighted by Gasteiger charge is 2.37. The number of hydrogen-bond donors (Lipinski definition) is 1. The van der Waals surface area contributed by atoms with Gasteiger partial charge in [-0.05, 0) is 48.0 Å². The van der Waals surface area contributed by atoms with Gasteiger partial charge in [0.25, 0.3) is 0 Å². The molecule has 0 radical (unpaired) electrons. The van der Waals surface area contributed by atoms with Crippen LogP contribution in [0.1, 0.15) is 30.9 Å². The molecular formula is C16H18BrN3. The Morgan fingerprint density at radius 1 is 1.20 bits per heavy atom. The standard InChI is InChI=1S/C16H18BrN3/c1-10-2-4-12(5-3-10)15-14(17)16-18-9-8-13(11-6-7-11)20(16)19-15/h2-5,11,13,18H,6-9H2,1H3. The van der Waals surface area contributed by atoms with Crippen molar-refractivity contribution < 1.29 is 0 Å². The Morgan fingerprint density at radius 3 is 2.65 bits per heavy atom. The van der Waals surface area contributed by atoms with Crippen molar-refractivity contribution in [1.82, 2.24) is 9.78 Å². The van der Waals surface area contributed by atoms with Gasteiger partial charge in [-0.25, -0.2) is 4.68 Å². The minimum absolute atomic E-state index is 0.585. The van der Waals surface area contributed by atoms with Crippen molar-refractivity contribution in [3.63, 3.8) is 0 Å². The summed E-state index contributed by atoms with van der Waals surface area (Å²) in [5, 5.41) is 8.40. The number of anilines is 1. The highest BCUT2D eigenvalue weighted by Crippen LogP contribution is 2.46. The van der Waals surface area contributed by atoms with Crippen LogP contribution in [0.4, 0.5) is 5.82 Å². The number of hydrogen-bond acceptors (Lipinski definition) is 2. The lowest BCUT2D eigenvalue weighted by Crippen LogP contribution is -2.24. The molecular weight excluding hydrogens is 314 g/mol. The highest BCUT2D eigenvalue weighted by molar-refractivity contribution is 9.10. The lowest BCUT2D eigenvalue weighted by atomic mass is 10.1. The lowest BCUT2D eigenvalue weighted by Gasteiger charge is -2.25. The second-order valence-electron chi connectivity index (χ2n) is 5.94. The fourth-order valence-electron chi connectivity index (χ4n) is 3.09. The van der Waals surface area contributed by atoms with Crippen molar-refractivity contribution in [3.8, 4) is 11.3 Å². The fourth-order valence-corrected chi connectivity index (χ4v) is 3.72. The molecule has 2 aromatic rings. The van der Waals surface area contributed by atoms with E-state index in [9.17, 15) is 0 Å². The molecule has 1 aliphatic carbocycles. The molecule has 1 saturated carbocycles. The summed E-state index contributed by atoms with van der Waals surface area (Å²) in [6.07, 6.45) is 3.92. The SMILES string of the molecule is Cc1ccc(-c2nn3c(c2Br)NCCC3C2CC2)cc1. The van der Waals surface area contributed by atoms with Gasteiger partial charge >= 0.3 is 0 Å². The monoisotopic (exact) mass is 331 g/mol. The van der Waals surface area contributed by atoms with Crippen LogP contribution in [0.5, 0.6) is 0 Å². The molecule has 1 fully saturated rings. The van der Waals surface area contributed by atoms with Crippen molar-refractivity contribution in [1.29, 1.82) is 0 Å². The fraction of sp³-hybridized carbons (Fsp3) is 0.438. The molecule has 1 atom stereocenters. The van der Waals surface area contributed by atoms with Crippen molar-refractivity contribution in [2.75, 3.05) is 11.9 Å². The summed E-state index contributed by atoms with van der Waals surface area (Å²) in [4.78, 5) is 0. The molecule has 0 saturated heterocycles. The second-order valence-corrected chi connectivity index (χ2v) is 6.74. The van der Waals surface area contributed by atoms with Crippen LogP contribution in [0.15, 0.2) is 28.7 Å². The summed E-state index contributed by atoms with van der Waals surface area (Å²) in [6, 6.07) is 9.18. The van der Waals surface area contributed by atoms with Crippen LogP contribution in [-0.2, 0) is 0 Å². The molecule has 1 unspecified atom stereocenters. The largest absolute Gasteiger partial charge is 0.369 e. The van der Waals surface area contributed by atoms with Crippen LogP contribution in [0.3, 0.4) is 0 Å². The predicted octanol–water partition coefficient (Wildman–Crippen LogP) is 4.39. The number of nitrogens with one attached hydrogen (secondary N) is 1. The number of aryl methyl sites for hydroxylation is 1. The first-order chi connectivity index (χ1) is 9.74. The predicted molar refractivity (Wildman–Crippen MR) is 85.0 cm³/mol. The first kappa shape index (κ1) is 12.5. The number of benzene rings is 1. The van der Waals surface area contributed by atoms with E-state index >= 15 is 0 Å². The van der Waals surface area contributed by atoms with Crippen molar-refractivity contribution >= 4 is 21.7 Å². The topological polar surface area (TPSA) is 29.9 Å². The molecule has 0 spiro atoms. The first-order valence-electron chi connectivity index (χ1n) is 7.33. The Morgan fingerprint density at radius 2 is 1.95 bits per heavy atom. The molecule has 4 heteroatoms. The molecule has 4 rings (SSSR count). The maximum Gasteiger partial charge on any atom is 0.139 e. The van der Waals surface area contributed by atoms with E-state index in [2.05, 4.69) is 57.1 Å². The van der Waals surface area contributed by atoms with Crippen LogP contribution in [0, 0.1) is 12.8 Å². The van der Waals surface area contributed by atoms with Gasteiger partial charge in [-0.3, -0.25) is 0 Å². The van der Waals surface area contributed by atoms with Crippen LogP contribution < -0.4 is 5.32 Å². The molecule has 1 aromatic carbocycles. The zero-order valence-electron chi connectivity index (χ0n) is 11.6. The molecule has 0 bridgehead atoms. The Labute approximate surface area is 127 Å². The molecule has 1 N–H and O–H groups in total. The summed E-state index contributed by atoms with van der Waals surface area (Å²) in [6.45, 7) is 3.17. The van der Waals surface area contributed by atoms with E-state index in [0.29, 0.717) is 6.04 Å². The average Bonchev–Trinajstić information content (AvgIpc) is 3.25. The van der Waals surface area contributed by atoms with Gasteiger partial charge in [0, 0.05) is 12.1 Å². The van der Waals surface area contributed by atoms with Gasteiger partial charge in [0.1, 0.15) is 11.5 Å². The van der Waals surface area contributed by atoms with Crippen LogP contribution in [-0.4, -0.2) is 16.3 Å². The van der Waals surface area contributed by atoms with Gasteiger partial charge in [0.15, 0.2) is 0 Å². The third-order valence-electron chi connectivity index (χ3n) is 4.39. The molecule has 1 aliphatic heterocycles. The maximum atomic E-state index is 4.90. The molecule has 1 aromatic heterocycles. The third kappa shape index (κ3) is 1.97. The normalized spacial score (nSPS) is 21.4. The van der Waals surface area contributed by atoms with Crippen molar-refractivity contribution in [2.45, 2.75) is 32.2 Å². The average molecular weight is 332 g/mol. The summed E-state index contributed by atoms with van der Waals surface area (Å²) in [5.74, 6) is 2.00. The van der Waals surface area contributed by atoms with Gasteiger partial charge in [0.2, 0.25) is 0 Å². The molecule has 0 amide bonds. The van der Waals surface area contributed by atoms with Crippen LogP contribution in [0.25, 0.3) is 11.3 Å². The van der Waals surface area contributed by atoms with E-state index in [1.807, 2.05) is 0 Å². The van der Waals surface area contributed by atoms with Gasteiger partial charge in [0.05, 0.1) is 10.5 Å². The molecule has 2 aliphatic rings. The Balaban J connectivity index is 1.79. The van der Waals surface area contributed by atoms with E-state index in [4.69, 9.17) is 5.10 Å². The van der Waals surface area contributed by atoms with E-state index in [-0.39, 0.29) is 0 Å². The van der Waals surface area contributed by atoms with Gasteiger partial charge in [-0.15, -0.1) is 0 Å². The molecule has 104 valence electrons. The minimum atomic E-state index is 0.585. The second kappa shape index (κ2) is 4.62. The maximum absolute atomic E-state index is 4.90. The highest BCUT2D eigenvalue weighted by atomic mass is 79.9. The van der Waals surface area contributed by atoms with E-state index < -0.39 is 0 Å². The zero-order chi connectivity index (χ0) is 13.7. The van der Waals surface area contributed by atoms with Gasteiger partial charge in [-0.2, -0.15) is 5.10 Å². The van der Waals surface area contributed by atoms with Crippen LogP contribution in [0.2, 0.25) is 0 Å². The first-order valence-corrected chi connectivity index (χ1v) is 8.12. The number of nitrogens with zero attached hydrogens (tertiary/aromatic N) is 2. The van der Waals surface area contributed by atoms with Crippen LogP contribution >= 0.6 is 15.9 Å². The van der Waals surface area contributed by atoms with E-state index in [1.54, 1.807) is 0 Å². The molecule has 3 nitrogen and oxygen atoms in total. The van der Waals surface area contributed by atoms with Crippen molar-refractivity contribution in [2.24, 2.45) is 5.92 Å². The summed E-state index contributed by atoms with van der Waals surface area (Å²) in [5.41, 5.74) is 3.52. The summed E-state index contributed by atoms with van der Waals surface area (Å²) in [7, 11) is 0. The quantitative estimate of drug-likeness (QED) is 0.884. The Hall–Kier alpha value is -1.29. The van der Waals surface area contributed by atoms with Crippen molar-refractivity contribution in [3.05, 3.63) is 34.3 Å². The number of halogens is 1. The minimum Gasteiger partial charge on any atom is -0.369 e. The van der Waals surface area contributed by atoms with Gasteiger partial charge in [-0.1, -0.05) is 29.8 Å². The number of fused-ring (bicyclic) bond motifs is 1. The third-order valence-corrected chi connectivity index (χ3v) is 5.14. The Bertz CT molecular complexity index is 640. The summed E-state index contributed by atoms with van der Waals surface area (Å²) < 4.78 is 3.33. The summed E-state index contributed by atoms with van der Waals surface area (Å²) >= 11 is 3.74. The van der Waals surface area contributed by atoms with E-state index in [0.717, 1.165) is 28.4 Å². The molecule has 20 heavy (non-hydrogen) atoms. The lowest BCUT2D eigenvalue weighted by molar-refractivity contribution is 0.376. The number of rotatable bonds is 2. The molecule has 2 heterocycles. The van der Waals surface area contributed by atoms with E-state index in [1.165, 1.54) is 30.4 Å². The van der Waals surface area contributed by atoms with Gasteiger partial charge < -0.3 is 5.32 Å². The smallest absolute Gasteiger partial charge is 0.139 e.